The van der Waals surface area contributed by atoms with E-state index >= 15 is 0 Å². The number of aliphatic carboxylic acids is 1. The largest absolute Gasteiger partial charge is 0.480 e. The van der Waals surface area contributed by atoms with Crippen LogP contribution in [0.15, 0.2) is 24.3 Å². The summed E-state index contributed by atoms with van der Waals surface area (Å²) in [6.45, 7) is 3.70. The molecule has 1 fully saturated rings. The zero-order valence-corrected chi connectivity index (χ0v) is 9.66. The molecule has 0 aromatic heterocycles. The van der Waals surface area contributed by atoms with Crippen LogP contribution in [-0.2, 0) is 10.3 Å². The molecule has 1 aromatic rings. The van der Waals surface area contributed by atoms with Gasteiger partial charge in [0.05, 0.1) is 0 Å². The molecule has 1 aromatic carbocycles. The lowest BCUT2D eigenvalue weighted by Gasteiger charge is -2.28. The molecule has 1 saturated carbocycles. The first kappa shape index (κ1) is 11.1. The molecule has 1 atom stereocenters. The van der Waals surface area contributed by atoms with Crippen LogP contribution in [0.5, 0.6) is 0 Å². The van der Waals surface area contributed by atoms with E-state index in [0.717, 1.165) is 24.0 Å². The molecule has 0 spiro atoms. The van der Waals surface area contributed by atoms with Crippen molar-refractivity contribution in [2.24, 2.45) is 0 Å². The number of carbonyl (C=O) groups is 1. The monoisotopic (exact) mass is 219 g/mol. The van der Waals surface area contributed by atoms with E-state index in [-0.39, 0.29) is 0 Å². The molecule has 16 heavy (non-hydrogen) atoms. The van der Waals surface area contributed by atoms with E-state index in [1.165, 1.54) is 0 Å². The van der Waals surface area contributed by atoms with Crippen LogP contribution in [-0.4, -0.2) is 17.1 Å². The van der Waals surface area contributed by atoms with Gasteiger partial charge in [0, 0.05) is 6.04 Å². The Balaban J connectivity index is 2.38. The molecule has 3 heteroatoms. The molecule has 1 aliphatic carbocycles. The SMILES string of the molecule is Cc1ccccc1C(C)(NC1CC1)C(=O)O. The molecule has 3 nitrogen and oxygen atoms in total. The number of carboxylic acids is 1. The molecular weight excluding hydrogens is 202 g/mol. The molecule has 0 saturated heterocycles. The normalized spacial score (nSPS) is 19.1. The highest BCUT2D eigenvalue weighted by atomic mass is 16.4. The summed E-state index contributed by atoms with van der Waals surface area (Å²) in [4.78, 5) is 11.5. The van der Waals surface area contributed by atoms with Crippen molar-refractivity contribution in [2.45, 2.75) is 38.3 Å². The second kappa shape index (κ2) is 3.91. The highest BCUT2D eigenvalue weighted by molar-refractivity contribution is 5.81. The number of nitrogens with one attached hydrogen (secondary N) is 1. The minimum atomic E-state index is -0.966. The van der Waals surface area contributed by atoms with Gasteiger partial charge in [-0.25, -0.2) is 4.79 Å². The van der Waals surface area contributed by atoms with E-state index < -0.39 is 11.5 Å². The van der Waals surface area contributed by atoms with E-state index in [1.54, 1.807) is 6.92 Å². The molecule has 86 valence electrons. The molecule has 2 rings (SSSR count). The third-order valence-corrected chi connectivity index (χ3v) is 3.18. The maximum Gasteiger partial charge on any atom is 0.328 e. The predicted octanol–water partition coefficient (Wildman–Crippen LogP) is 2.05. The standard InChI is InChI=1S/C13H17NO2/c1-9-5-3-4-6-11(9)13(2,12(15)16)14-10-7-8-10/h3-6,10,14H,7-8H2,1-2H3,(H,15,16). The molecule has 2 N–H and O–H groups in total. The first-order chi connectivity index (χ1) is 7.54. The number of hydrogen-bond donors (Lipinski definition) is 2. The molecule has 0 aliphatic heterocycles. The van der Waals surface area contributed by atoms with Gasteiger partial charge < -0.3 is 5.11 Å². The lowest BCUT2D eigenvalue weighted by atomic mass is 9.88. The smallest absolute Gasteiger partial charge is 0.328 e. The second-order valence-corrected chi connectivity index (χ2v) is 4.66. The summed E-state index contributed by atoms with van der Waals surface area (Å²) < 4.78 is 0. The van der Waals surface area contributed by atoms with E-state index in [4.69, 9.17) is 0 Å². The molecule has 0 bridgehead atoms. The van der Waals surface area contributed by atoms with Crippen molar-refractivity contribution in [2.75, 3.05) is 0 Å². The fourth-order valence-corrected chi connectivity index (χ4v) is 2.02. The van der Waals surface area contributed by atoms with Gasteiger partial charge in [-0.1, -0.05) is 24.3 Å². The summed E-state index contributed by atoms with van der Waals surface area (Å²) in [5.41, 5.74) is 0.905. The predicted molar refractivity (Wildman–Crippen MR) is 62.3 cm³/mol. The van der Waals surface area contributed by atoms with Gasteiger partial charge >= 0.3 is 5.97 Å². The highest BCUT2D eigenvalue weighted by Gasteiger charge is 2.40. The maximum atomic E-state index is 11.5. The van der Waals surface area contributed by atoms with E-state index in [9.17, 15) is 9.90 Å². The van der Waals surface area contributed by atoms with Crippen molar-refractivity contribution in [3.05, 3.63) is 35.4 Å². The Kier molecular flexibility index (Phi) is 2.72. The number of hydrogen-bond acceptors (Lipinski definition) is 2. The Morgan fingerprint density at radius 1 is 1.44 bits per heavy atom. The van der Waals surface area contributed by atoms with Gasteiger partial charge in [-0.3, -0.25) is 5.32 Å². The van der Waals surface area contributed by atoms with Gasteiger partial charge in [0.1, 0.15) is 5.54 Å². The maximum absolute atomic E-state index is 11.5. The van der Waals surface area contributed by atoms with Crippen molar-refractivity contribution >= 4 is 5.97 Å². The van der Waals surface area contributed by atoms with E-state index in [0.29, 0.717) is 6.04 Å². The Morgan fingerprint density at radius 3 is 2.56 bits per heavy atom. The van der Waals surface area contributed by atoms with Crippen LogP contribution in [0.3, 0.4) is 0 Å². The first-order valence-corrected chi connectivity index (χ1v) is 5.61. The third-order valence-electron chi connectivity index (χ3n) is 3.18. The first-order valence-electron chi connectivity index (χ1n) is 5.61. The number of carboxylic acid groups (broad SMARTS) is 1. The van der Waals surface area contributed by atoms with Crippen molar-refractivity contribution in [3.63, 3.8) is 0 Å². The molecule has 1 aliphatic rings. The summed E-state index contributed by atoms with van der Waals surface area (Å²) in [7, 11) is 0. The molecule has 0 heterocycles. The zero-order chi connectivity index (χ0) is 11.8. The number of rotatable bonds is 4. The topological polar surface area (TPSA) is 49.3 Å². The quantitative estimate of drug-likeness (QED) is 0.814. The lowest BCUT2D eigenvalue weighted by Crippen LogP contribution is -2.48. The number of benzene rings is 1. The zero-order valence-electron chi connectivity index (χ0n) is 9.66. The van der Waals surface area contributed by atoms with E-state index in [2.05, 4.69) is 5.32 Å². The Hall–Kier alpha value is -1.35. The minimum Gasteiger partial charge on any atom is -0.480 e. The van der Waals surface area contributed by atoms with Gasteiger partial charge in [0.2, 0.25) is 0 Å². The van der Waals surface area contributed by atoms with Crippen LogP contribution in [0.2, 0.25) is 0 Å². The van der Waals surface area contributed by atoms with Gasteiger partial charge in [0.15, 0.2) is 0 Å². The summed E-state index contributed by atoms with van der Waals surface area (Å²) >= 11 is 0. The summed E-state index contributed by atoms with van der Waals surface area (Å²) in [6, 6.07) is 8.01. The Labute approximate surface area is 95.5 Å². The number of aryl methyl sites for hydroxylation is 1. The lowest BCUT2D eigenvalue weighted by molar-refractivity contribution is -0.144. The average molecular weight is 219 g/mol. The Bertz CT molecular complexity index is 412. The van der Waals surface area contributed by atoms with Crippen molar-refractivity contribution in [1.29, 1.82) is 0 Å². The minimum absolute atomic E-state index is 0.362. The molecule has 0 radical (unpaired) electrons. The fourth-order valence-electron chi connectivity index (χ4n) is 2.02. The average Bonchev–Trinajstić information content (AvgIpc) is 3.01. The Morgan fingerprint density at radius 2 is 2.06 bits per heavy atom. The van der Waals surface area contributed by atoms with Crippen LogP contribution in [0.25, 0.3) is 0 Å². The van der Waals surface area contributed by atoms with E-state index in [1.807, 2.05) is 31.2 Å². The third kappa shape index (κ3) is 1.95. The molecule has 1 unspecified atom stereocenters. The molecular formula is C13H17NO2. The van der Waals surface area contributed by atoms with Gasteiger partial charge in [-0.05, 0) is 37.8 Å². The summed E-state index contributed by atoms with van der Waals surface area (Å²) in [6.07, 6.45) is 2.16. The summed E-state index contributed by atoms with van der Waals surface area (Å²) in [5.74, 6) is -0.811. The summed E-state index contributed by atoms with van der Waals surface area (Å²) in [5, 5.41) is 12.6. The van der Waals surface area contributed by atoms with Crippen LogP contribution >= 0.6 is 0 Å². The van der Waals surface area contributed by atoms with Gasteiger partial charge in [-0.15, -0.1) is 0 Å². The van der Waals surface area contributed by atoms with Crippen molar-refractivity contribution < 1.29 is 9.90 Å². The van der Waals surface area contributed by atoms with Gasteiger partial charge in [0.25, 0.3) is 0 Å². The van der Waals surface area contributed by atoms with Crippen molar-refractivity contribution in [1.82, 2.24) is 5.32 Å². The fraction of sp³-hybridized carbons (Fsp3) is 0.462. The van der Waals surface area contributed by atoms with Crippen LogP contribution in [0, 0.1) is 6.92 Å². The van der Waals surface area contributed by atoms with Crippen LogP contribution < -0.4 is 5.32 Å². The highest BCUT2D eigenvalue weighted by Crippen LogP contribution is 2.30. The second-order valence-electron chi connectivity index (χ2n) is 4.66. The van der Waals surface area contributed by atoms with Crippen LogP contribution in [0.4, 0.5) is 0 Å². The van der Waals surface area contributed by atoms with Gasteiger partial charge in [-0.2, -0.15) is 0 Å². The van der Waals surface area contributed by atoms with Crippen molar-refractivity contribution in [3.8, 4) is 0 Å². The molecule has 0 amide bonds. The van der Waals surface area contributed by atoms with Crippen LogP contribution in [0.1, 0.15) is 30.9 Å².